The smallest absolute Gasteiger partial charge is 0.248 e. The number of aryl methyl sites for hydroxylation is 2. The molecule has 8 heteroatoms. The van der Waals surface area contributed by atoms with Crippen molar-refractivity contribution in [1.82, 2.24) is 9.46 Å². The van der Waals surface area contributed by atoms with Crippen LogP contribution in [0.2, 0.25) is 0 Å². The summed E-state index contributed by atoms with van der Waals surface area (Å²) in [4.78, 5) is 0.206. The summed E-state index contributed by atoms with van der Waals surface area (Å²) < 4.78 is 37.3. The Balaban J connectivity index is 2.06. The van der Waals surface area contributed by atoms with Crippen molar-refractivity contribution >= 4 is 26.0 Å². The van der Waals surface area contributed by atoms with Gasteiger partial charge in [0.2, 0.25) is 10.0 Å². The van der Waals surface area contributed by atoms with Gasteiger partial charge >= 0.3 is 0 Å². The Morgan fingerprint density at radius 2 is 2.05 bits per heavy atom. The molecule has 0 saturated carbocycles. The highest BCUT2D eigenvalue weighted by Gasteiger charge is 2.33. The van der Waals surface area contributed by atoms with E-state index in [1.807, 2.05) is 0 Å². The van der Waals surface area contributed by atoms with Gasteiger partial charge in [-0.1, -0.05) is 21.1 Å². The highest BCUT2D eigenvalue weighted by atomic mass is 79.9. The molecule has 1 saturated heterocycles. The number of piperidine rings is 1. The molecule has 0 unspecified atom stereocenters. The minimum Gasteiger partial charge on any atom is -0.377 e. The van der Waals surface area contributed by atoms with Crippen molar-refractivity contribution in [3.8, 4) is 0 Å². The molecular weight excluding hydrogens is 348 g/mol. The van der Waals surface area contributed by atoms with Gasteiger partial charge in [0.05, 0.1) is 12.7 Å². The van der Waals surface area contributed by atoms with Crippen LogP contribution in [0.15, 0.2) is 9.42 Å². The summed E-state index contributed by atoms with van der Waals surface area (Å²) in [5, 5.41) is 4.52. The van der Waals surface area contributed by atoms with Gasteiger partial charge in [-0.3, -0.25) is 0 Å². The molecule has 1 aliphatic rings. The average molecular weight is 367 g/mol. The quantitative estimate of drug-likeness (QED) is 0.743. The lowest BCUT2D eigenvalue weighted by Crippen LogP contribution is -2.41. The van der Waals surface area contributed by atoms with Crippen LogP contribution in [0, 0.1) is 13.8 Å². The van der Waals surface area contributed by atoms with Gasteiger partial charge in [-0.15, -0.1) is 0 Å². The fourth-order valence-electron chi connectivity index (χ4n) is 2.42. The standard InChI is InChI=1S/C12H19BrN2O4S/c1-9-12(10(2)19-14-9)20(16,17)15-6-3-11(4-7-15)18-8-5-13/h11H,3-8H2,1-2H3. The second kappa shape index (κ2) is 6.55. The number of nitrogens with zero attached hydrogens (tertiary/aromatic N) is 2. The number of ether oxygens (including phenoxy) is 1. The zero-order chi connectivity index (χ0) is 14.8. The third-order valence-electron chi connectivity index (χ3n) is 3.40. The monoisotopic (exact) mass is 366 g/mol. The molecular formula is C12H19BrN2O4S. The lowest BCUT2D eigenvalue weighted by atomic mass is 10.1. The molecule has 2 rings (SSSR count). The van der Waals surface area contributed by atoms with E-state index in [4.69, 9.17) is 9.26 Å². The Labute approximate surface area is 127 Å². The first-order valence-corrected chi connectivity index (χ1v) is 9.13. The Morgan fingerprint density at radius 1 is 1.40 bits per heavy atom. The first-order chi connectivity index (χ1) is 9.46. The van der Waals surface area contributed by atoms with E-state index in [9.17, 15) is 8.42 Å². The predicted molar refractivity (Wildman–Crippen MR) is 77.5 cm³/mol. The molecule has 0 aromatic carbocycles. The minimum absolute atomic E-state index is 0.142. The summed E-state index contributed by atoms with van der Waals surface area (Å²) in [5.41, 5.74) is 0.417. The van der Waals surface area contributed by atoms with Crippen LogP contribution < -0.4 is 0 Å². The van der Waals surface area contributed by atoms with Crippen molar-refractivity contribution in [3.05, 3.63) is 11.5 Å². The van der Waals surface area contributed by atoms with Gasteiger partial charge in [-0.2, -0.15) is 4.31 Å². The van der Waals surface area contributed by atoms with Crippen molar-refractivity contribution < 1.29 is 17.7 Å². The van der Waals surface area contributed by atoms with E-state index in [1.54, 1.807) is 13.8 Å². The Bertz CT molecular complexity index is 530. The molecule has 114 valence electrons. The van der Waals surface area contributed by atoms with Gasteiger partial charge in [0.15, 0.2) is 5.76 Å². The van der Waals surface area contributed by atoms with Gasteiger partial charge in [-0.25, -0.2) is 8.42 Å². The zero-order valence-electron chi connectivity index (χ0n) is 11.6. The predicted octanol–water partition coefficient (Wildman–Crippen LogP) is 1.86. The minimum atomic E-state index is -3.51. The van der Waals surface area contributed by atoms with Crippen molar-refractivity contribution in [2.45, 2.75) is 37.7 Å². The van der Waals surface area contributed by atoms with Crippen molar-refractivity contribution in [1.29, 1.82) is 0 Å². The molecule has 6 nitrogen and oxygen atoms in total. The second-order valence-corrected chi connectivity index (χ2v) is 7.48. The Kier molecular flexibility index (Phi) is 5.22. The van der Waals surface area contributed by atoms with Gasteiger partial charge in [0.25, 0.3) is 0 Å². The molecule has 1 aromatic heterocycles. The third kappa shape index (κ3) is 3.24. The number of hydrogen-bond donors (Lipinski definition) is 0. The van der Waals surface area contributed by atoms with E-state index < -0.39 is 10.0 Å². The summed E-state index contributed by atoms with van der Waals surface area (Å²) in [5.74, 6) is 0.347. The molecule has 0 amide bonds. The average Bonchev–Trinajstić information content (AvgIpc) is 2.77. The lowest BCUT2D eigenvalue weighted by molar-refractivity contribution is 0.0309. The van der Waals surface area contributed by atoms with Gasteiger partial charge in [0, 0.05) is 18.4 Å². The van der Waals surface area contributed by atoms with Gasteiger partial charge < -0.3 is 9.26 Å². The van der Waals surface area contributed by atoms with Crippen molar-refractivity contribution in [2.75, 3.05) is 25.0 Å². The van der Waals surface area contributed by atoms with Crippen LogP contribution in [0.25, 0.3) is 0 Å². The highest BCUT2D eigenvalue weighted by molar-refractivity contribution is 9.09. The van der Waals surface area contributed by atoms with E-state index in [2.05, 4.69) is 21.1 Å². The van der Waals surface area contributed by atoms with E-state index in [1.165, 1.54) is 4.31 Å². The molecule has 1 fully saturated rings. The SMILES string of the molecule is Cc1noc(C)c1S(=O)(=O)N1CCC(OCCBr)CC1. The summed E-state index contributed by atoms with van der Waals surface area (Å²) in [7, 11) is -3.51. The number of aromatic nitrogens is 1. The topological polar surface area (TPSA) is 72.6 Å². The van der Waals surface area contributed by atoms with Crippen LogP contribution in [-0.2, 0) is 14.8 Å². The molecule has 0 N–H and O–H groups in total. The lowest BCUT2D eigenvalue weighted by Gasteiger charge is -2.30. The molecule has 0 radical (unpaired) electrons. The number of rotatable bonds is 5. The number of halogens is 1. The normalized spacial score (nSPS) is 18.6. The van der Waals surface area contributed by atoms with Crippen LogP contribution in [0.5, 0.6) is 0 Å². The van der Waals surface area contributed by atoms with Crippen LogP contribution >= 0.6 is 15.9 Å². The van der Waals surface area contributed by atoms with Crippen LogP contribution in [0.3, 0.4) is 0 Å². The van der Waals surface area contributed by atoms with E-state index in [-0.39, 0.29) is 11.0 Å². The summed E-state index contributed by atoms with van der Waals surface area (Å²) in [6.07, 6.45) is 1.58. The van der Waals surface area contributed by atoms with Crippen LogP contribution in [-0.4, -0.2) is 49.0 Å². The zero-order valence-corrected chi connectivity index (χ0v) is 14.0. The maximum atomic E-state index is 12.6. The highest BCUT2D eigenvalue weighted by Crippen LogP contribution is 2.26. The summed E-state index contributed by atoms with van der Waals surface area (Å²) in [6.45, 7) is 4.87. The first-order valence-electron chi connectivity index (χ1n) is 6.57. The first kappa shape index (κ1) is 15.9. The fraction of sp³-hybridized carbons (Fsp3) is 0.750. The van der Waals surface area contributed by atoms with Crippen LogP contribution in [0.1, 0.15) is 24.3 Å². The maximum absolute atomic E-state index is 12.6. The van der Waals surface area contributed by atoms with E-state index in [0.29, 0.717) is 31.2 Å². The van der Waals surface area contributed by atoms with Gasteiger partial charge in [-0.05, 0) is 26.7 Å². The maximum Gasteiger partial charge on any atom is 0.248 e. The number of sulfonamides is 1. The largest absolute Gasteiger partial charge is 0.377 e. The van der Waals surface area contributed by atoms with Gasteiger partial charge in [0.1, 0.15) is 10.6 Å². The molecule has 20 heavy (non-hydrogen) atoms. The van der Waals surface area contributed by atoms with E-state index in [0.717, 1.165) is 18.2 Å². The number of hydrogen-bond acceptors (Lipinski definition) is 5. The van der Waals surface area contributed by atoms with Crippen molar-refractivity contribution in [2.24, 2.45) is 0 Å². The number of alkyl halides is 1. The Hall–Kier alpha value is -0.440. The molecule has 1 aliphatic heterocycles. The van der Waals surface area contributed by atoms with Crippen molar-refractivity contribution in [3.63, 3.8) is 0 Å². The molecule has 2 heterocycles. The second-order valence-electron chi connectivity index (χ2n) is 4.82. The summed E-state index contributed by atoms with van der Waals surface area (Å²) >= 11 is 3.31. The molecule has 0 aliphatic carbocycles. The molecule has 1 aromatic rings. The Morgan fingerprint density at radius 3 is 2.55 bits per heavy atom. The molecule has 0 spiro atoms. The van der Waals surface area contributed by atoms with E-state index >= 15 is 0 Å². The molecule has 0 bridgehead atoms. The fourth-order valence-corrected chi connectivity index (χ4v) is 4.37. The third-order valence-corrected chi connectivity index (χ3v) is 5.86. The van der Waals surface area contributed by atoms with Crippen LogP contribution in [0.4, 0.5) is 0 Å². The summed E-state index contributed by atoms with van der Waals surface area (Å²) in [6, 6.07) is 0. The molecule has 0 atom stereocenters.